The molecule has 0 N–H and O–H groups in total. The molecule has 0 saturated carbocycles. The van der Waals surface area contributed by atoms with Crippen LogP contribution in [0.2, 0.25) is 0 Å². The third-order valence-electron chi connectivity index (χ3n) is 6.55. The molecule has 3 aliphatic rings. The highest BCUT2D eigenvalue weighted by molar-refractivity contribution is 6.06. The molecule has 3 aliphatic heterocycles. The second-order valence-corrected chi connectivity index (χ2v) is 7.98. The van der Waals surface area contributed by atoms with Gasteiger partial charge in [0.2, 0.25) is 5.95 Å². The lowest BCUT2D eigenvalue weighted by Gasteiger charge is -2.41. The predicted molar refractivity (Wildman–Crippen MR) is 103 cm³/mol. The highest BCUT2D eigenvalue weighted by atomic mass is 16.2. The van der Waals surface area contributed by atoms with Crippen LogP contribution in [0.3, 0.4) is 0 Å². The lowest BCUT2D eigenvalue weighted by atomic mass is 9.86. The maximum absolute atomic E-state index is 12.7. The second kappa shape index (κ2) is 6.35. The molecule has 0 aliphatic carbocycles. The first-order valence-corrected chi connectivity index (χ1v) is 9.76. The van der Waals surface area contributed by atoms with Crippen molar-refractivity contribution < 1.29 is 9.59 Å². The van der Waals surface area contributed by atoms with Crippen LogP contribution in [0.25, 0.3) is 0 Å². The number of likely N-dealkylation sites (N-methyl/N-ethyl adjacent to an activating group) is 2. The van der Waals surface area contributed by atoms with E-state index in [0.717, 1.165) is 36.1 Å². The SMILES string of the molecule is Cc1nc(N2CCCC2)nc(N2CCC3(CC2)C(=O)N(C)C(=O)N3C)c1C. The molecule has 8 heteroatoms. The van der Waals surface area contributed by atoms with E-state index in [9.17, 15) is 9.59 Å². The molecule has 0 unspecified atom stereocenters. The standard InChI is InChI=1S/C19H28N6O2/c1-13-14(2)20-17(25-9-5-6-10-25)21-15(13)24-11-7-19(8-12-24)16(26)22(3)18(27)23(19)4/h5-12H2,1-4H3. The summed E-state index contributed by atoms with van der Waals surface area (Å²) in [7, 11) is 3.31. The van der Waals surface area contributed by atoms with E-state index in [4.69, 9.17) is 9.97 Å². The summed E-state index contributed by atoms with van der Waals surface area (Å²) in [5.74, 6) is 1.70. The molecular formula is C19H28N6O2. The van der Waals surface area contributed by atoms with Crippen LogP contribution < -0.4 is 9.80 Å². The van der Waals surface area contributed by atoms with Crippen molar-refractivity contribution in [2.75, 3.05) is 50.1 Å². The number of aryl methyl sites for hydroxylation is 1. The predicted octanol–water partition coefficient (Wildman–Crippen LogP) is 1.56. The molecule has 4 heterocycles. The van der Waals surface area contributed by atoms with Crippen LogP contribution in [-0.2, 0) is 4.79 Å². The third-order valence-corrected chi connectivity index (χ3v) is 6.55. The number of aromatic nitrogens is 2. The van der Waals surface area contributed by atoms with E-state index in [-0.39, 0.29) is 11.9 Å². The van der Waals surface area contributed by atoms with Gasteiger partial charge in [-0.2, -0.15) is 4.98 Å². The Morgan fingerprint density at radius 1 is 0.889 bits per heavy atom. The Hall–Kier alpha value is -2.38. The quantitative estimate of drug-likeness (QED) is 0.734. The number of carbonyl (C=O) groups excluding carboxylic acids is 2. The number of nitrogens with zero attached hydrogens (tertiary/aromatic N) is 6. The maximum atomic E-state index is 12.7. The molecule has 27 heavy (non-hydrogen) atoms. The Morgan fingerprint density at radius 2 is 1.52 bits per heavy atom. The first-order chi connectivity index (χ1) is 12.8. The van der Waals surface area contributed by atoms with Crippen LogP contribution in [-0.4, -0.2) is 77.5 Å². The van der Waals surface area contributed by atoms with Gasteiger partial charge in [-0.05, 0) is 39.5 Å². The monoisotopic (exact) mass is 372 g/mol. The van der Waals surface area contributed by atoms with Gasteiger partial charge in [0.25, 0.3) is 5.91 Å². The molecule has 3 saturated heterocycles. The number of carbonyl (C=O) groups is 2. The molecular weight excluding hydrogens is 344 g/mol. The van der Waals surface area contributed by atoms with E-state index >= 15 is 0 Å². The number of piperidine rings is 1. The van der Waals surface area contributed by atoms with Gasteiger partial charge in [-0.15, -0.1) is 0 Å². The number of amides is 3. The Morgan fingerprint density at radius 3 is 2.07 bits per heavy atom. The topological polar surface area (TPSA) is 72.9 Å². The Bertz CT molecular complexity index is 781. The van der Waals surface area contributed by atoms with E-state index in [1.807, 2.05) is 6.92 Å². The van der Waals surface area contributed by atoms with Crippen molar-refractivity contribution >= 4 is 23.7 Å². The molecule has 146 valence electrons. The summed E-state index contributed by atoms with van der Waals surface area (Å²) in [4.78, 5) is 41.9. The number of imide groups is 1. The highest BCUT2D eigenvalue weighted by Gasteiger charge is 2.55. The molecule has 1 aromatic rings. The molecule has 0 bridgehead atoms. The summed E-state index contributed by atoms with van der Waals surface area (Å²) in [6.07, 6.45) is 3.63. The van der Waals surface area contributed by atoms with Crippen molar-refractivity contribution in [2.45, 2.75) is 45.1 Å². The summed E-state index contributed by atoms with van der Waals surface area (Å²) in [5, 5.41) is 0. The van der Waals surface area contributed by atoms with E-state index in [2.05, 4.69) is 16.7 Å². The van der Waals surface area contributed by atoms with Crippen LogP contribution in [0.15, 0.2) is 0 Å². The fraction of sp³-hybridized carbons (Fsp3) is 0.684. The van der Waals surface area contributed by atoms with Gasteiger partial charge in [-0.3, -0.25) is 9.69 Å². The molecule has 3 fully saturated rings. The lowest BCUT2D eigenvalue weighted by molar-refractivity contribution is -0.133. The van der Waals surface area contributed by atoms with Crippen LogP contribution in [0.4, 0.5) is 16.6 Å². The highest BCUT2D eigenvalue weighted by Crippen LogP contribution is 2.37. The summed E-state index contributed by atoms with van der Waals surface area (Å²) in [6.45, 7) is 7.53. The summed E-state index contributed by atoms with van der Waals surface area (Å²) >= 11 is 0. The third kappa shape index (κ3) is 2.64. The van der Waals surface area contributed by atoms with Gasteiger partial charge in [0.15, 0.2) is 0 Å². The van der Waals surface area contributed by atoms with Gasteiger partial charge in [-0.1, -0.05) is 0 Å². The Labute approximate surface area is 160 Å². The zero-order chi connectivity index (χ0) is 19.3. The van der Waals surface area contributed by atoms with Crippen molar-refractivity contribution in [3.05, 3.63) is 11.3 Å². The molecule has 0 radical (unpaired) electrons. The summed E-state index contributed by atoms with van der Waals surface area (Å²) in [5.41, 5.74) is 1.40. The minimum absolute atomic E-state index is 0.0806. The summed E-state index contributed by atoms with van der Waals surface area (Å²) < 4.78 is 0. The van der Waals surface area contributed by atoms with Crippen LogP contribution in [0.1, 0.15) is 36.9 Å². The fourth-order valence-corrected chi connectivity index (χ4v) is 4.55. The average Bonchev–Trinajstić information content (AvgIpc) is 3.26. The van der Waals surface area contributed by atoms with E-state index in [1.165, 1.54) is 17.7 Å². The zero-order valence-electron chi connectivity index (χ0n) is 16.7. The molecule has 1 aromatic heterocycles. The fourth-order valence-electron chi connectivity index (χ4n) is 4.55. The summed E-state index contributed by atoms with van der Waals surface area (Å²) in [6, 6.07) is -0.209. The lowest BCUT2D eigenvalue weighted by Crippen LogP contribution is -2.55. The second-order valence-electron chi connectivity index (χ2n) is 7.98. The Balaban J connectivity index is 1.58. The largest absolute Gasteiger partial charge is 0.356 e. The van der Waals surface area contributed by atoms with Crippen molar-refractivity contribution in [2.24, 2.45) is 0 Å². The minimum atomic E-state index is -0.698. The normalized spacial score (nSPS) is 22.5. The van der Waals surface area contributed by atoms with Gasteiger partial charge in [0, 0.05) is 51.5 Å². The van der Waals surface area contributed by atoms with Gasteiger partial charge in [-0.25, -0.2) is 9.78 Å². The van der Waals surface area contributed by atoms with Gasteiger partial charge in [0.1, 0.15) is 11.4 Å². The number of rotatable bonds is 2. The maximum Gasteiger partial charge on any atom is 0.327 e. The van der Waals surface area contributed by atoms with Crippen molar-refractivity contribution in [1.29, 1.82) is 0 Å². The van der Waals surface area contributed by atoms with Crippen LogP contribution in [0, 0.1) is 13.8 Å². The first kappa shape index (κ1) is 18.0. The smallest absolute Gasteiger partial charge is 0.327 e. The van der Waals surface area contributed by atoms with Crippen molar-refractivity contribution in [1.82, 2.24) is 19.8 Å². The zero-order valence-corrected chi connectivity index (χ0v) is 16.7. The van der Waals surface area contributed by atoms with Gasteiger partial charge >= 0.3 is 6.03 Å². The molecule has 4 rings (SSSR count). The minimum Gasteiger partial charge on any atom is -0.356 e. The van der Waals surface area contributed by atoms with E-state index < -0.39 is 5.54 Å². The molecule has 0 aromatic carbocycles. The van der Waals surface area contributed by atoms with Crippen LogP contribution in [0.5, 0.6) is 0 Å². The molecule has 8 nitrogen and oxygen atoms in total. The Kier molecular flexibility index (Phi) is 4.24. The number of urea groups is 1. The van der Waals surface area contributed by atoms with Crippen molar-refractivity contribution in [3.63, 3.8) is 0 Å². The average molecular weight is 372 g/mol. The van der Waals surface area contributed by atoms with E-state index in [0.29, 0.717) is 25.9 Å². The molecule has 3 amide bonds. The number of anilines is 2. The van der Waals surface area contributed by atoms with Gasteiger partial charge < -0.3 is 14.7 Å². The molecule has 0 atom stereocenters. The number of hydrogen-bond donors (Lipinski definition) is 0. The van der Waals surface area contributed by atoms with Gasteiger partial charge in [0.05, 0.1) is 0 Å². The molecule has 1 spiro atoms. The van der Waals surface area contributed by atoms with Crippen LogP contribution >= 0.6 is 0 Å². The van der Waals surface area contributed by atoms with E-state index in [1.54, 1.807) is 19.0 Å². The first-order valence-electron chi connectivity index (χ1n) is 9.76. The van der Waals surface area contributed by atoms with Crippen molar-refractivity contribution in [3.8, 4) is 0 Å². The number of hydrogen-bond acceptors (Lipinski definition) is 6.